The summed E-state index contributed by atoms with van der Waals surface area (Å²) in [5.74, 6) is 0.826. The number of ether oxygens (including phenoxy) is 1. The maximum atomic E-state index is 12.9. The van der Waals surface area contributed by atoms with E-state index in [2.05, 4.69) is 42.2 Å². The fourth-order valence-corrected chi connectivity index (χ4v) is 4.76. The van der Waals surface area contributed by atoms with Gasteiger partial charge in [0.25, 0.3) is 5.91 Å². The van der Waals surface area contributed by atoms with Gasteiger partial charge in [-0.3, -0.25) is 4.79 Å². The van der Waals surface area contributed by atoms with Crippen molar-refractivity contribution in [3.05, 3.63) is 58.1 Å². The molecule has 1 unspecified atom stereocenters. The summed E-state index contributed by atoms with van der Waals surface area (Å²) in [4.78, 5) is 17.3. The molecule has 1 fully saturated rings. The first kappa shape index (κ1) is 24.1. The zero-order valence-corrected chi connectivity index (χ0v) is 20.6. The number of hydrogen-bond donors (Lipinski definition) is 1. The van der Waals surface area contributed by atoms with Gasteiger partial charge < -0.3 is 20.3 Å². The molecule has 0 radical (unpaired) electrons. The van der Waals surface area contributed by atoms with Crippen molar-refractivity contribution in [1.82, 2.24) is 9.80 Å². The van der Waals surface area contributed by atoms with Gasteiger partial charge in [0.2, 0.25) is 0 Å². The van der Waals surface area contributed by atoms with Crippen molar-refractivity contribution in [1.29, 1.82) is 0 Å². The molecule has 0 bridgehead atoms. The van der Waals surface area contributed by atoms with Crippen molar-refractivity contribution in [2.45, 2.75) is 66.0 Å². The molecule has 174 valence electrons. The second-order valence-corrected chi connectivity index (χ2v) is 9.34. The zero-order chi connectivity index (χ0) is 23.4. The predicted molar refractivity (Wildman–Crippen MR) is 132 cm³/mol. The summed E-state index contributed by atoms with van der Waals surface area (Å²) < 4.78 is 6.03. The minimum Gasteiger partial charge on any atom is -0.483 e. The minimum absolute atomic E-state index is 0.0340. The largest absolute Gasteiger partial charge is 0.483 e. The van der Waals surface area contributed by atoms with Crippen LogP contribution in [0.5, 0.6) is 5.75 Å². The monoisotopic (exact) mass is 437 g/mol. The number of nitrogen functional groups attached to an aromatic ring is 1. The molecule has 2 aromatic carbocycles. The van der Waals surface area contributed by atoms with Crippen LogP contribution < -0.4 is 10.5 Å². The summed E-state index contributed by atoms with van der Waals surface area (Å²) in [6.45, 7) is 12.4. The SMILES string of the molecule is Cc1c(C)c(OCC(=O)N(C)C2CCN(C(C)Cc3ccccc3)CC2)c(C)c(C)c1N. The molecule has 2 aromatic rings. The van der Waals surface area contributed by atoms with Crippen LogP contribution in [-0.2, 0) is 11.2 Å². The van der Waals surface area contributed by atoms with Crippen LogP contribution in [0.2, 0.25) is 0 Å². The van der Waals surface area contributed by atoms with Gasteiger partial charge in [0, 0.05) is 37.9 Å². The van der Waals surface area contributed by atoms with E-state index in [-0.39, 0.29) is 18.6 Å². The maximum absolute atomic E-state index is 12.9. The fraction of sp³-hybridized carbons (Fsp3) is 0.519. The Bertz CT molecular complexity index is 905. The maximum Gasteiger partial charge on any atom is 0.260 e. The summed E-state index contributed by atoms with van der Waals surface area (Å²) in [6, 6.07) is 11.4. The van der Waals surface area contributed by atoms with E-state index in [4.69, 9.17) is 10.5 Å². The molecule has 32 heavy (non-hydrogen) atoms. The highest BCUT2D eigenvalue weighted by atomic mass is 16.5. The third-order valence-corrected chi connectivity index (χ3v) is 7.39. The number of anilines is 1. The molecular formula is C27H39N3O2. The van der Waals surface area contributed by atoms with E-state index in [1.165, 1.54) is 5.56 Å². The Balaban J connectivity index is 1.52. The molecule has 2 N–H and O–H groups in total. The second kappa shape index (κ2) is 10.4. The lowest BCUT2D eigenvalue weighted by Crippen LogP contribution is -2.49. The van der Waals surface area contributed by atoms with Crippen LogP contribution in [0.1, 0.15) is 47.6 Å². The minimum atomic E-state index is 0.0340. The number of nitrogens with two attached hydrogens (primary N) is 1. The average Bonchev–Trinajstić information content (AvgIpc) is 2.81. The number of hydrogen-bond acceptors (Lipinski definition) is 4. The van der Waals surface area contributed by atoms with E-state index in [9.17, 15) is 4.79 Å². The van der Waals surface area contributed by atoms with Crippen LogP contribution in [0.4, 0.5) is 5.69 Å². The number of likely N-dealkylation sites (N-methyl/N-ethyl adjacent to an activating group) is 1. The van der Waals surface area contributed by atoms with Crippen molar-refractivity contribution >= 4 is 11.6 Å². The van der Waals surface area contributed by atoms with Gasteiger partial charge in [-0.1, -0.05) is 30.3 Å². The van der Waals surface area contributed by atoms with E-state index < -0.39 is 0 Å². The standard InChI is InChI=1S/C27H39N3O2/c1-18(16-23-10-8-7-9-11-23)30-14-12-24(13-15-30)29(6)25(31)17-32-27-21(4)19(2)26(28)20(3)22(27)5/h7-11,18,24H,12-17,28H2,1-6H3. The number of likely N-dealkylation sites (tertiary alicyclic amines) is 1. The highest BCUT2D eigenvalue weighted by Gasteiger charge is 2.28. The van der Waals surface area contributed by atoms with Gasteiger partial charge >= 0.3 is 0 Å². The number of rotatable bonds is 7. The van der Waals surface area contributed by atoms with E-state index in [0.29, 0.717) is 6.04 Å². The average molecular weight is 438 g/mol. The second-order valence-electron chi connectivity index (χ2n) is 9.34. The predicted octanol–water partition coefficient (Wildman–Crippen LogP) is 4.44. The Hall–Kier alpha value is -2.53. The smallest absolute Gasteiger partial charge is 0.260 e. The normalized spacial score (nSPS) is 16.1. The summed E-state index contributed by atoms with van der Waals surface area (Å²) in [5, 5.41) is 0. The molecule has 1 saturated heterocycles. The van der Waals surface area contributed by atoms with Crippen LogP contribution in [-0.4, -0.2) is 54.5 Å². The summed E-state index contributed by atoms with van der Waals surface area (Å²) >= 11 is 0. The third-order valence-electron chi connectivity index (χ3n) is 7.39. The molecule has 0 spiro atoms. The molecule has 0 saturated carbocycles. The van der Waals surface area contributed by atoms with Gasteiger partial charge in [-0.25, -0.2) is 0 Å². The van der Waals surface area contributed by atoms with E-state index in [1.54, 1.807) is 0 Å². The van der Waals surface area contributed by atoms with Crippen LogP contribution in [0.25, 0.3) is 0 Å². The lowest BCUT2D eigenvalue weighted by atomic mass is 9.97. The Morgan fingerprint density at radius 1 is 1.06 bits per heavy atom. The quantitative estimate of drug-likeness (QED) is 0.651. The fourth-order valence-electron chi connectivity index (χ4n) is 4.76. The first-order chi connectivity index (χ1) is 15.2. The number of nitrogens with zero attached hydrogens (tertiary/aromatic N) is 2. The topological polar surface area (TPSA) is 58.8 Å². The summed E-state index contributed by atoms with van der Waals surface area (Å²) in [6.07, 6.45) is 3.06. The zero-order valence-electron chi connectivity index (χ0n) is 20.6. The lowest BCUT2D eigenvalue weighted by molar-refractivity contribution is -0.135. The first-order valence-corrected chi connectivity index (χ1v) is 11.7. The van der Waals surface area contributed by atoms with Crippen molar-refractivity contribution in [3.8, 4) is 5.75 Å². The van der Waals surface area contributed by atoms with Crippen LogP contribution >= 0.6 is 0 Å². The summed E-state index contributed by atoms with van der Waals surface area (Å²) in [5.41, 5.74) is 12.5. The molecule has 1 aliphatic rings. The van der Waals surface area contributed by atoms with Crippen molar-refractivity contribution < 1.29 is 9.53 Å². The van der Waals surface area contributed by atoms with Crippen LogP contribution in [0, 0.1) is 27.7 Å². The van der Waals surface area contributed by atoms with E-state index in [1.807, 2.05) is 39.6 Å². The number of carbonyl (C=O) groups is 1. The molecule has 0 aliphatic carbocycles. The van der Waals surface area contributed by atoms with Gasteiger partial charge in [0.05, 0.1) is 0 Å². The van der Waals surface area contributed by atoms with Gasteiger partial charge in [-0.15, -0.1) is 0 Å². The lowest BCUT2D eigenvalue weighted by Gasteiger charge is -2.39. The highest BCUT2D eigenvalue weighted by Crippen LogP contribution is 2.34. The first-order valence-electron chi connectivity index (χ1n) is 11.7. The Morgan fingerprint density at radius 3 is 2.19 bits per heavy atom. The van der Waals surface area contributed by atoms with E-state index >= 15 is 0 Å². The number of carbonyl (C=O) groups excluding carboxylic acids is 1. The third kappa shape index (κ3) is 5.26. The van der Waals surface area contributed by atoms with Crippen LogP contribution in [0.15, 0.2) is 30.3 Å². The molecule has 0 aromatic heterocycles. The molecule has 5 nitrogen and oxygen atoms in total. The van der Waals surface area contributed by atoms with Crippen molar-refractivity contribution in [2.75, 3.05) is 32.5 Å². The highest BCUT2D eigenvalue weighted by molar-refractivity contribution is 5.78. The Morgan fingerprint density at radius 2 is 1.62 bits per heavy atom. The van der Waals surface area contributed by atoms with Gasteiger partial charge in [-0.05, 0) is 81.7 Å². The molecule has 1 heterocycles. The number of amides is 1. The molecule has 1 aliphatic heterocycles. The van der Waals surface area contributed by atoms with Crippen molar-refractivity contribution in [3.63, 3.8) is 0 Å². The molecule has 1 atom stereocenters. The van der Waals surface area contributed by atoms with Crippen molar-refractivity contribution in [2.24, 2.45) is 0 Å². The summed E-state index contributed by atoms with van der Waals surface area (Å²) in [7, 11) is 1.92. The molecule has 3 rings (SSSR count). The Kier molecular flexibility index (Phi) is 7.83. The van der Waals surface area contributed by atoms with E-state index in [0.717, 1.165) is 66.0 Å². The molecule has 1 amide bonds. The Labute approximate surface area is 193 Å². The van der Waals surface area contributed by atoms with Gasteiger partial charge in [-0.2, -0.15) is 0 Å². The molecule has 5 heteroatoms. The number of piperidine rings is 1. The van der Waals surface area contributed by atoms with Gasteiger partial charge in [0.15, 0.2) is 6.61 Å². The number of benzene rings is 2. The van der Waals surface area contributed by atoms with Crippen LogP contribution in [0.3, 0.4) is 0 Å². The molecular weight excluding hydrogens is 398 g/mol. The van der Waals surface area contributed by atoms with Gasteiger partial charge in [0.1, 0.15) is 5.75 Å².